The van der Waals surface area contributed by atoms with Crippen LogP contribution in [0.5, 0.6) is 0 Å². The Morgan fingerprint density at radius 1 is 1.38 bits per heavy atom. The summed E-state index contributed by atoms with van der Waals surface area (Å²) in [6.07, 6.45) is -0.393. The van der Waals surface area contributed by atoms with E-state index in [-0.39, 0.29) is 30.3 Å². The lowest BCUT2D eigenvalue weighted by atomic mass is 10.2. The van der Waals surface area contributed by atoms with Crippen LogP contribution in [0.4, 0.5) is 5.69 Å². The summed E-state index contributed by atoms with van der Waals surface area (Å²) in [5, 5.41) is 11.2. The van der Waals surface area contributed by atoms with Crippen LogP contribution >= 0.6 is 11.8 Å². The highest BCUT2D eigenvalue weighted by molar-refractivity contribution is 8.07. The number of non-ortho nitro benzene ring substituents is 1. The van der Waals surface area contributed by atoms with Crippen molar-refractivity contribution in [1.29, 1.82) is 0 Å². The van der Waals surface area contributed by atoms with Crippen molar-refractivity contribution in [2.24, 2.45) is 0 Å². The summed E-state index contributed by atoms with van der Waals surface area (Å²) in [7, 11) is 1.59. The number of ether oxygens (including phenoxy) is 3. The highest BCUT2D eigenvalue weighted by Crippen LogP contribution is 2.53. The number of rotatable bonds is 5. The summed E-state index contributed by atoms with van der Waals surface area (Å²) in [5.41, 5.74) is 0.215. The molecule has 0 bridgehead atoms. The van der Waals surface area contributed by atoms with Crippen molar-refractivity contribution in [1.82, 2.24) is 0 Å². The van der Waals surface area contributed by atoms with Crippen LogP contribution in [0.2, 0.25) is 0 Å². The first-order chi connectivity index (χ1) is 10.1. The Bertz CT molecular complexity index is 562. The minimum absolute atomic E-state index is 0.0640. The molecule has 0 unspecified atom stereocenters. The van der Waals surface area contributed by atoms with Gasteiger partial charge in [-0.3, -0.25) is 10.1 Å². The van der Waals surface area contributed by atoms with Gasteiger partial charge in [0.25, 0.3) is 5.69 Å². The summed E-state index contributed by atoms with van der Waals surface area (Å²) in [6.45, 7) is 0.157. The maximum absolute atomic E-state index is 11.9. The van der Waals surface area contributed by atoms with Crippen LogP contribution in [-0.4, -0.2) is 47.5 Å². The lowest BCUT2D eigenvalue weighted by Crippen LogP contribution is -2.25. The zero-order valence-electron chi connectivity index (χ0n) is 11.1. The Morgan fingerprint density at radius 2 is 2.10 bits per heavy atom. The molecule has 112 valence electrons. The third-order valence-corrected chi connectivity index (χ3v) is 4.86. The SMILES string of the molecule is CO[C@@H]1O[C@@H](COC(=O)c2ccc([N+](=O)[O-])cc2)[C@@H]2S[C@@H]12. The highest BCUT2D eigenvalue weighted by atomic mass is 32.2. The molecule has 7 nitrogen and oxygen atoms in total. The van der Waals surface area contributed by atoms with Crippen LogP contribution in [0, 0.1) is 10.1 Å². The van der Waals surface area contributed by atoms with Crippen molar-refractivity contribution in [3.05, 3.63) is 39.9 Å². The average Bonchev–Trinajstić information content (AvgIpc) is 3.21. The molecule has 0 aromatic heterocycles. The van der Waals surface area contributed by atoms with Crippen molar-refractivity contribution in [3.8, 4) is 0 Å². The Hall–Kier alpha value is -1.64. The molecule has 0 aliphatic carbocycles. The number of nitro benzene ring substituents is 1. The van der Waals surface area contributed by atoms with E-state index in [2.05, 4.69) is 0 Å². The van der Waals surface area contributed by atoms with E-state index in [4.69, 9.17) is 14.2 Å². The average molecular weight is 311 g/mol. The van der Waals surface area contributed by atoms with Gasteiger partial charge in [0.15, 0.2) is 6.29 Å². The zero-order valence-corrected chi connectivity index (χ0v) is 11.9. The molecule has 2 aliphatic heterocycles. The van der Waals surface area contributed by atoms with Crippen molar-refractivity contribution in [2.45, 2.75) is 22.9 Å². The molecule has 0 spiro atoms. The largest absolute Gasteiger partial charge is 0.459 e. The molecule has 2 saturated heterocycles. The van der Waals surface area contributed by atoms with Crippen molar-refractivity contribution in [2.75, 3.05) is 13.7 Å². The summed E-state index contributed by atoms with van der Waals surface area (Å²) in [6, 6.07) is 5.30. The standard InChI is InChI=1S/C13H13NO6S/c1-18-13-11-10(21-11)9(20-13)6-19-12(15)7-2-4-8(5-3-7)14(16)17/h2-5,9-11,13H,6H2,1H3/t9-,10-,11+,13+/m0/s1. The quantitative estimate of drug-likeness (QED) is 0.353. The molecule has 3 rings (SSSR count). The second-order valence-corrected chi connectivity index (χ2v) is 6.11. The maximum atomic E-state index is 11.9. The molecule has 2 heterocycles. The van der Waals surface area contributed by atoms with Gasteiger partial charge in [0.2, 0.25) is 0 Å². The fraction of sp³-hybridized carbons (Fsp3) is 0.462. The zero-order chi connectivity index (χ0) is 15.0. The number of esters is 1. The highest BCUT2D eigenvalue weighted by Gasteiger charge is 2.57. The van der Waals surface area contributed by atoms with Gasteiger partial charge < -0.3 is 14.2 Å². The molecule has 1 aromatic carbocycles. The van der Waals surface area contributed by atoms with Gasteiger partial charge in [-0.25, -0.2) is 4.79 Å². The summed E-state index contributed by atoms with van der Waals surface area (Å²) in [5.74, 6) is -0.517. The van der Waals surface area contributed by atoms with Crippen molar-refractivity contribution in [3.63, 3.8) is 0 Å². The summed E-state index contributed by atoms with van der Waals surface area (Å²) >= 11 is 1.76. The molecule has 0 saturated carbocycles. The van der Waals surface area contributed by atoms with Crippen LogP contribution in [0.3, 0.4) is 0 Å². The van der Waals surface area contributed by atoms with E-state index < -0.39 is 10.9 Å². The van der Waals surface area contributed by atoms with E-state index >= 15 is 0 Å². The van der Waals surface area contributed by atoms with Crippen LogP contribution in [0.15, 0.2) is 24.3 Å². The number of hydrogen-bond acceptors (Lipinski definition) is 7. The maximum Gasteiger partial charge on any atom is 0.338 e. The normalized spacial score (nSPS) is 29.8. The third kappa shape index (κ3) is 2.87. The lowest BCUT2D eigenvalue weighted by molar-refractivity contribution is -0.384. The predicted molar refractivity (Wildman–Crippen MR) is 74.2 cm³/mol. The number of nitro groups is 1. The number of thioether (sulfide) groups is 1. The molecule has 0 N–H and O–H groups in total. The van der Waals surface area contributed by atoms with Crippen molar-refractivity contribution >= 4 is 23.4 Å². The predicted octanol–water partition coefficient (Wildman–Crippen LogP) is 1.61. The Morgan fingerprint density at radius 3 is 2.67 bits per heavy atom. The topological polar surface area (TPSA) is 87.9 Å². The molecule has 1 aromatic rings. The number of carbonyl (C=O) groups is 1. The first-order valence-corrected chi connectivity index (χ1v) is 7.29. The van der Waals surface area contributed by atoms with Gasteiger partial charge in [0.05, 0.1) is 21.0 Å². The van der Waals surface area contributed by atoms with Gasteiger partial charge in [-0.05, 0) is 12.1 Å². The fourth-order valence-corrected chi connectivity index (χ4v) is 3.46. The second-order valence-electron chi connectivity index (χ2n) is 4.75. The van der Waals surface area contributed by atoms with Gasteiger partial charge in [0.1, 0.15) is 12.7 Å². The minimum Gasteiger partial charge on any atom is -0.459 e. The van der Waals surface area contributed by atoms with Gasteiger partial charge in [-0.1, -0.05) is 0 Å². The van der Waals surface area contributed by atoms with E-state index in [0.717, 1.165) is 0 Å². The number of fused-ring (bicyclic) bond motifs is 1. The second kappa shape index (κ2) is 5.63. The Kier molecular flexibility index (Phi) is 3.83. The molecule has 2 fully saturated rings. The van der Waals surface area contributed by atoms with Gasteiger partial charge in [-0.15, -0.1) is 11.8 Å². The van der Waals surface area contributed by atoms with E-state index in [1.807, 2.05) is 0 Å². The molecule has 4 atom stereocenters. The minimum atomic E-state index is -0.517. The van der Waals surface area contributed by atoms with Gasteiger partial charge >= 0.3 is 5.97 Å². The number of hydrogen-bond donors (Lipinski definition) is 0. The summed E-state index contributed by atoms with van der Waals surface area (Å²) < 4.78 is 16.0. The third-order valence-electron chi connectivity index (χ3n) is 3.43. The smallest absolute Gasteiger partial charge is 0.338 e. The van der Waals surface area contributed by atoms with Crippen molar-refractivity contribution < 1.29 is 23.9 Å². The molecule has 0 amide bonds. The molecule has 21 heavy (non-hydrogen) atoms. The molecule has 0 radical (unpaired) electrons. The van der Waals surface area contributed by atoms with Crippen LogP contribution in [-0.2, 0) is 14.2 Å². The van der Waals surface area contributed by atoms with Crippen LogP contribution in [0.25, 0.3) is 0 Å². The summed E-state index contributed by atoms with van der Waals surface area (Å²) in [4.78, 5) is 21.9. The monoisotopic (exact) mass is 311 g/mol. The van der Waals surface area contributed by atoms with E-state index in [9.17, 15) is 14.9 Å². The van der Waals surface area contributed by atoms with E-state index in [1.54, 1.807) is 18.9 Å². The molecule has 2 aliphatic rings. The van der Waals surface area contributed by atoms with Gasteiger partial charge in [-0.2, -0.15) is 0 Å². The number of methoxy groups -OCH3 is 1. The Balaban J connectivity index is 1.54. The van der Waals surface area contributed by atoms with E-state index in [1.165, 1.54) is 24.3 Å². The number of benzene rings is 1. The Labute approximate surface area is 124 Å². The number of nitrogens with zero attached hydrogens (tertiary/aromatic N) is 1. The van der Waals surface area contributed by atoms with Crippen LogP contribution in [0.1, 0.15) is 10.4 Å². The molecular formula is C13H13NO6S. The van der Waals surface area contributed by atoms with Crippen LogP contribution < -0.4 is 0 Å². The molecule has 8 heteroatoms. The number of carbonyl (C=O) groups excluding carboxylic acids is 1. The van der Waals surface area contributed by atoms with Gasteiger partial charge in [0, 0.05) is 19.2 Å². The lowest BCUT2D eigenvalue weighted by Gasteiger charge is -2.16. The first kappa shape index (κ1) is 14.3. The first-order valence-electron chi connectivity index (χ1n) is 6.35. The molecular weight excluding hydrogens is 298 g/mol. The fourth-order valence-electron chi connectivity index (χ4n) is 2.27. The van der Waals surface area contributed by atoms with E-state index in [0.29, 0.717) is 10.5 Å².